The Morgan fingerprint density at radius 1 is 1.62 bits per heavy atom. The van der Waals surface area contributed by atoms with Gasteiger partial charge in [0.1, 0.15) is 5.75 Å². The van der Waals surface area contributed by atoms with Crippen LogP contribution >= 0.6 is 11.6 Å². The lowest BCUT2D eigenvalue weighted by Crippen LogP contribution is -2.14. The second-order valence-electron chi connectivity index (χ2n) is 3.39. The number of rotatable bonds is 5. The van der Waals surface area contributed by atoms with Crippen molar-refractivity contribution >= 4 is 17.6 Å². The Balaban J connectivity index is 2.88. The molecule has 0 amide bonds. The van der Waals surface area contributed by atoms with Crippen molar-refractivity contribution in [3.8, 4) is 5.75 Å². The minimum atomic E-state index is -0.874. The number of methoxy groups -OCH3 is 1. The van der Waals surface area contributed by atoms with Crippen molar-refractivity contribution in [2.75, 3.05) is 7.11 Å². The van der Waals surface area contributed by atoms with Crippen LogP contribution in [0.1, 0.15) is 24.4 Å². The largest absolute Gasteiger partial charge is 0.496 e. The highest BCUT2D eigenvalue weighted by molar-refractivity contribution is 6.31. The summed E-state index contributed by atoms with van der Waals surface area (Å²) in [5.41, 5.74) is 6.55. The first kappa shape index (κ1) is 12.8. The fraction of sp³-hybridized carbons (Fsp3) is 0.364. The van der Waals surface area contributed by atoms with E-state index in [9.17, 15) is 4.79 Å². The molecule has 88 valence electrons. The number of hydrogen-bond donors (Lipinski definition) is 2. The third-order valence-electron chi connectivity index (χ3n) is 2.27. The number of carbonyl (C=O) groups is 1. The lowest BCUT2D eigenvalue weighted by molar-refractivity contribution is -0.137. The summed E-state index contributed by atoms with van der Waals surface area (Å²) in [5.74, 6) is -0.285. The molecular formula is C11H14ClNO3. The van der Waals surface area contributed by atoms with Crippen LogP contribution in [0.25, 0.3) is 0 Å². The van der Waals surface area contributed by atoms with Gasteiger partial charge in [0.25, 0.3) is 0 Å². The maximum atomic E-state index is 10.5. The van der Waals surface area contributed by atoms with Gasteiger partial charge in [0.2, 0.25) is 0 Å². The van der Waals surface area contributed by atoms with E-state index >= 15 is 0 Å². The molecule has 1 unspecified atom stereocenters. The molecule has 1 aromatic carbocycles. The van der Waals surface area contributed by atoms with Crippen molar-refractivity contribution in [1.82, 2.24) is 0 Å². The van der Waals surface area contributed by atoms with Crippen molar-refractivity contribution < 1.29 is 14.6 Å². The number of benzene rings is 1. The molecule has 0 saturated carbocycles. The first-order valence-electron chi connectivity index (χ1n) is 4.86. The SMILES string of the molecule is COc1cccc(Cl)c1C(N)CCC(=O)O. The number of halogens is 1. The molecule has 0 aliphatic carbocycles. The van der Waals surface area contributed by atoms with Crippen LogP contribution < -0.4 is 10.5 Å². The summed E-state index contributed by atoms with van der Waals surface area (Å²) >= 11 is 6.01. The molecule has 3 N–H and O–H groups in total. The van der Waals surface area contributed by atoms with E-state index in [1.165, 1.54) is 7.11 Å². The van der Waals surface area contributed by atoms with Crippen LogP contribution in [0.15, 0.2) is 18.2 Å². The van der Waals surface area contributed by atoms with Gasteiger partial charge in [-0.05, 0) is 18.6 Å². The Bertz CT molecular complexity index is 381. The van der Waals surface area contributed by atoms with Gasteiger partial charge in [0.05, 0.1) is 7.11 Å². The van der Waals surface area contributed by atoms with Crippen LogP contribution in [0.3, 0.4) is 0 Å². The van der Waals surface area contributed by atoms with Gasteiger partial charge in [0.15, 0.2) is 0 Å². The summed E-state index contributed by atoms with van der Waals surface area (Å²) in [5, 5.41) is 9.08. The number of carboxylic acid groups (broad SMARTS) is 1. The zero-order chi connectivity index (χ0) is 12.1. The van der Waals surface area contributed by atoms with Gasteiger partial charge in [-0.1, -0.05) is 17.7 Å². The number of carboxylic acids is 1. The lowest BCUT2D eigenvalue weighted by Gasteiger charge is -2.16. The molecule has 4 nitrogen and oxygen atoms in total. The van der Waals surface area contributed by atoms with E-state index in [0.717, 1.165) is 0 Å². The highest BCUT2D eigenvalue weighted by Crippen LogP contribution is 2.32. The van der Waals surface area contributed by atoms with E-state index < -0.39 is 12.0 Å². The molecule has 16 heavy (non-hydrogen) atoms. The van der Waals surface area contributed by atoms with Crippen molar-refractivity contribution in [3.63, 3.8) is 0 Å². The number of hydrogen-bond acceptors (Lipinski definition) is 3. The summed E-state index contributed by atoms with van der Waals surface area (Å²) in [7, 11) is 1.53. The molecule has 1 aromatic rings. The molecule has 0 saturated heterocycles. The van der Waals surface area contributed by atoms with Gasteiger partial charge in [-0.2, -0.15) is 0 Å². The topological polar surface area (TPSA) is 72.5 Å². The van der Waals surface area contributed by atoms with Gasteiger partial charge in [-0.3, -0.25) is 4.79 Å². The summed E-state index contributed by atoms with van der Waals surface area (Å²) < 4.78 is 5.14. The molecule has 0 fully saturated rings. The fourth-order valence-corrected chi connectivity index (χ4v) is 1.78. The van der Waals surface area contributed by atoms with Crippen molar-refractivity contribution in [1.29, 1.82) is 0 Å². The van der Waals surface area contributed by atoms with Gasteiger partial charge in [-0.25, -0.2) is 0 Å². The average molecular weight is 244 g/mol. The van der Waals surface area contributed by atoms with Crippen LogP contribution in [0.2, 0.25) is 5.02 Å². The summed E-state index contributed by atoms with van der Waals surface area (Å²) in [6.45, 7) is 0. The smallest absolute Gasteiger partial charge is 0.303 e. The normalized spacial score (nSPS) is 12.2. The molecular weight excluding hydrogens is 230 g/mol. The minimum absolute atomic E-state index is 0.00947. The summed E-state index contributed by atoms with van der Waals surface area (Å²) in [6.07, 6.45) is 0.338. The van der Waals surface area contributed by atoms with E-state index in [-0.39, 0.29) is 6.42 Å². The van der Waals surface area contributed by atoms with Gasteiger partial charge >= 0.3 is 5.97 Å². The predicted molar refractivity (Wildman–Crippen MR) is 61.8 cm³/mol. The molecule has 0 aromatic heterocycles. The zero-order valence-electron chi connectivity index (χ0n) is 8.94. The minimum Gasteiger partial charge on any atom is -0.496 e. The Morgan fingerprint density at radius 3 is 2.88 bits per heavy atom. The number of nitrogens with two attached hydrogens (primary N) is 1. The van der Waals surface area contributed by atoms with E-state index in [4.69, 9.17) is 27.2 Å². The fourth-order valence-electron chi connectivity index (χ4n) is 1.48. The van der Waals surface area contributed by atoms with Gasteiger partial charge < -0.3 is 15.6 Å². The van der Waals surface area contributed by atoms with Crippen molar-refractivity contribution in [3.05, 3.63) is 28.8 Å². The van der Waals surface area contributed by atoms with Crippen LogP contribution in [0.4, 0.5) is 0 Å². The number of ether oxygens (including phenoxy) is 1. The van der Waals surface area contributed by atoms with Gasteiger partial charge in [0, 0.05) is 23.0 Å². The van der Waals surface area contributed by atoms with Crippen molar-refractivity contribution in [2.45, 2.75) is 18.9 Å². The molecule has 0 aliphatic heterocycles. The van der Waals surface area contributed by atoms with Gasteiger partial charge in [-0.15, -0.1) is 0 Å². The summed E-state index contributed by atoms with van der Waals surface area (Å²) in [6, 6.07) is 4.79. The Labute approximate surface area is 99.0 Å². The van der Waals surface area contributed by atoms with E-state index in [1.807, 2.05) is 0 Å². The third kappa shape index (κ3) is 3.12. The van der Waals surface area contributed by atoms with Crippen LogP contribution in [0, 0.1) is 0 Å². The Morgan fingerprint density at radius 2 is 2.31 bits per heavy atom. The third-order valence-corrected chi connectivity index (χ3v) is 2.60. The molecule has 0 radical (unpaired) electrons. The van der Waals surface area contributed by atoms with Crippen LogP contribution in [-0.2, 0) is 4.79 Å². The quantitative estimate of drug-likeness (QED) is 0.832. The highest BCUT2D eigenvalue weighted by atomic mass is 35.5. The van der Waals surface area contributed by atoms with Crippen LogP contribution in [0.5, 0.6) is 5.75 Å². The zero-order valence-corrected chi connectivity index (χ0v) is 9.70. The molecule has 0 spiro atoms. The molecule has 0 bridgehead atoms. The van der Waals surface area contributed by atoms with E-state index in [1.54, 1.807) is 18.2 Å². The van der Waals surface area contributed by atoms with E-state index in [0.29, 0.717) is 22.8 Å². The average Bonchev–Trinajstić information content (AvgIpc) is 2.25. The second-order valence-corrected chi connectivity index (χ2v) is 3.80. The first-order valence-corrected chi connectivity index (χ1v) is 5.23. The van der Waals surface area contributed by atoms with E-state index in [2.05, 4.69) is 0 Å². The first-order chi connectivity index (χ1) is 7.56. The second kappa shape index (κ2) is 5.72. The molecule has 0 aliphatic rings. The highest BCUT2D eigenvalue weighted by Gasteiger charge is 2.16. The summed E-state index contributed by atoms with van der Waals surface area (Å²) in [4.78, 5) is 10.5. The Kier molecular flexibility index (Phi) is 4.58. The standard InChI is InChI=1S/C11H14ClNO3/c1-16-9-4-2-3-7(12)11(9)8(13)5-6-10(14)15/h2-4,8H,5-6,13H2,1H3,(H,14,15). The Hall–Kier alpha value is -1.26. The maximum absolute atomic E-state index is 10.5. The van der Waals surface area contributed by atoms with Crippen LogP contribution in [-0.4, -0.2) is 18.2 Å². The maximum Gasteiger partial charge on any atom is 0.303 e. The molecule has 1 rings (SSSR count). The molecule has 1 atom stereocenters. The molecule has 5 heteroatoms. The lowest BCUT2D eigenvalue weighted by atomic mass is 10.0. The molecule has 0 heterocycles. The monoisotopic (exact) mass is 243 g/mol. The predicted octanol–water partition coefficient (Wildman–Crippen LogP) is 2.21. The van der Waals surface area contributed by atoms with Crippen molar-refractivity contribution in [2.24, 2.45) is 5.73 Å². The number of aliphatic carboxylic acids is 1.